The molecule has 2 aromatic carbocycles. The first-order valence-electron chi connectivity index (χ1n) is 5.31. The number of carbonyl (C=O) groups excluding carboxylic acids is 1. The van der Waals surface area contributed by atoms with Crippen LogP contribution in [0.2, 0.25) is 0 Å². The third kappa shape index (κ3) is 2.45. The standard InChI is InChI=1S/C14H13NO2/c1-10(16)12-8-5-9-13(15)14(12)17-11-6-3-2-4-7-11/h2-9H,15H2,1H3. The summed E-state index contributed by atoms with van der Waals surface area (Å²) in [6.07, 6.45) is 0. The smallest absolute Gasteiger partial charge is 0.163 e. The SMILES string of the molecule is CC(=O)c1cccc(N)c1Oc1ccccc1. The molecule has 3 nitrogen and oxygen atoms in total. The number of Topliss-reactive ketones (excluding diaryl/α,β-unsaturated/α-hetero) is 1. The maximum atomic E-state index is 11.5. The molecule has 0 spiro atoms. The molecule has 0 saturated carbocycles. The fourth-order valence-corrected chi connectivity index (χ4v) is 1.55. The zero-order chi connectivity index (χ0) is 12.3. The molecule has 0 bridgehead atoms. The molecule has 0 atom stereocenters. The number of nitrogens with two attached hydrogens (primary N) is 1. The Bertz CT molecular complexity index is 535. The number of para-hydroxylation sites is 2. The molecule has 0 saturated heterocycles. The summed E-state index contributed by atoms with van der Waals surface area (Å²) in [7, 11) is 0. The van der Waals surface area contributed by atoms with Crippen molar-refractivity contribution in [1.82, 2.24) is 0 Å². The van der Waals surface area contributed by atoms with E-state index in [1.54, 1.807) is 18.2 Å². The van der Waals surface area contributed by atoms with Crippen molar-refractivity contribution >= 4 is 11.5 Å². The molecule has 0 aliphatic heterocycles. The molecule has 0 aromatic heterocycles. The van der Waals surface area contributed by atoms with Gasteiger partial charge in [0, 0.05) is 0 Å². The van der Waals surface area contributed by atoms with Crippen molar-refractivity contribution in [2.75, 3.05) is 5.73 Å². The van der Waals surface area contributed by atoms with E-state index in [0.29, 0.717) is 22.7 Å². The van der Waals surface area contributed by atoms with Crippen LogP contribution in [0.5, 0.6) is 11.5 Å². The molecule has 0 amide bonds. The summed E-state index contributed by atoms with van der Waals surface area (Å²) in [4.78, 5) is 11.5. The fourth-order valence-electron chi connectivity index (χ4n) is 1.55. The van der Waals surface area contributed by atoms with Gasteiger partial charge in [-0.3, -0.25) is 4.79 Å². The van der Waals surface area contributed by atoms with Crippen LogP contribution in [-0.2, 0) is 0 Å². The van der Waals surface area contributed by atoms with Crippen molar-refractivity contribution in [3.05, 3.63) is 54.1 Å². The maximum Gasteiger partial charge on any atom is 0.163 e. The molecule has 0 aliphatic rings. The second-order valence-electron chi connectivity index (χ2n) is 3.70. The topological polar surface area (TPSA) is 52.3 Å². The van der Waals surface area contributed by atoms with E-state index in [-0.39, 0.29) is 5.78 Å². The van der Waals surface area contributed by atoms with Crippen molar-refractivity contribution in [3.63, 3.8) is 0 Å². The van der Waals surface area contributed by atoms with E-state index in [9.17, 15) is 4.79 Å². The maximum absolute atomic E-state index is 11.5. The molecule has 0 aliphatic carbocycles. The second-order valence-corrected chi connectivity index (χ2v) is 3.70. The van der Waals surface area contributed by atoms with E-state index in [1.807, 2.05) is 30.3 Å². The van der Waals surface area contributed by atoms with E-state index in [1.165, 1.54) is 6.92 Å². The molecule has 0 unspecified atom stereocenters. The van der Waals surface area contributed by atoms with Gasteiger partial charge < -0.3 is 10.5 Å². The zero-order valence-electron chi connectivity index (χ0n) is 9.51. The van der Waals surface area contributed by atoms with Crippen LogP contribution in [0.3, 0.4) is 0 Å². The minimum Gasteiger partial charge on any atom is -0.454 e. The van der Waals surface area contributed by atoms with Crippen molar-refractivity contribution in [3.8, 4) is 11.5 Å². The molecule has 0 fully saturated rings. The van der Waals surface area contributed by atoms with Gasteiger partial charge in [0.05, 0.1) is 11.3 Å². The summed E-state index contributed by atoms with van der Waals surface area (Å²) in [6.45, 7) is 1.49. The molecular weight excluding hydrogens is 214 g/mol. The average molecular weight is 227 g/mol. The van der Waals surface area contributed by atoms with Gasteiger partial charge in [-0.1, -0.05) is 24.3 Å². The lowest BCUT2D eigenvalue weighted by Gasteiger charge is -2.11. The largest absolute Gasteiger partial charge is 0.454 e. The molecule has 0 radical (unpaired) electrons. The van der Waals surface area contributed by atoms with E-state index >= 15 is 0 Å². The lowest BCUT2D eigenvalue weighted by atomic mass is 10.1. The first-order chi connectivity index (χ1) is 8.18. The number of hydrogen-bond donors (Lipinski definition) is 1. The Balaban J connectivity index is 2.41. The monoisotopic (exact) mass is 227 g/mol. The number of ether oxygens (including phenoxy) is 1. The quantitative estimate of drug-likeness (QED) is 0.646. The summed E-state index contributed by atoms with van der Waals surface area (Å²) in [5, 5.41) is 0. The van der Waals surface area contributed by atoms with Gasteiger partial charge in [-0.25, -0.2) is 0 Å². The van der Waals surface area contributed by atoms with Crippen LogP contribution in [0.25, 0.3) is 0 Å². The number of carbonyl (C=O) groups is 1. The van der Waals surface area contributed by atoms with Gasteiger partial charge in [0.2, 0.25) is 0 Å². The normalized spacial score (nSPS) is 9.94. The minimum atomic E-state index is -0.0665. The van der Waals surface area contributed by atoms with Crippen molar-refractivity contribution < 1.29 is 9.53 Å². The van der Waals surface area contributed by atoms with Crippen LogP contribution in [0.15, 0.2) is 48.5 Å². The highest BCUT2D eigenvalue weighted by molar-refractivity contribution is 5.98. The first-order valence-corrected chi connectivity index (χ1v) is 5.31. The number of benzene rings is 2. The Morgan fingerprint density at radius 1 is 1.06 bits per heavy atom. The van der Waals surface area contributed by atoms with Gasteiger partial charge in [-0.2, -0.15) is 0 Å². The summed E-state index contributed by atoms with van der Waals surface area (Å²) in [5.41, 5.74) is 6.78. The predicted molar refractivity (Wildman–Crippen MR) is 67.4 cm³/mol. The van der Waals surface area contributed by atoms with E-state index in [0.717, 1.165) is 0 Å². The Labute approximate surface area is 99.8 Å². The van der Waals surface area contributed by atoms with Gasteiger partial charge in [0.15, 0.2) is 11.5 Å². The molecule has 0 heterocycles. The summed E-state index contributed by atoms with van der Waals surface area (Å²) in [6, 6.07) is 14.4. The van der Waals surface area contributed by atoms with Crippen LogP contribution < -0.4 is 10.5 Å². The van der Waals surface area contributed by atoms with E-state index in [2.05, 4.69) is 0 Å². The third-order valence-corrected chi connectivity index (χ3v) is 2.39. The van der Waals surface area contributed by atoms with Gasteiger partial charge in [-0.15, -0.1) is 0 Å². The lowest BCUT2D eigenvalue weighted by molar-refractivity contribution is 0.101. The second kappa shape index (κ2) is 4.70. The van der Waals surface area contributed by atoms with Crippen LogP contribution in [0, 0.1) is 0 Å². The molecule has 3 heteroatoms. The number of rotatable bonds is 3. The van der Waals surface area contributed by atoms with Gasteiger partial charge in [0.25, 0.3) is 0 Å². The number of hydrogen-bond acceptors (Lipinski definition) is 3. The molecule has 2 rings (SSSR count). The van der Waals surface area contributed by atoms with Crippen molar-refractivity contribution in [2.45, 2.75) is 6.92 Å². The van der Waals surface area contributed by atoms with Gasteiger partial charge >= 0.3 is 0 Å². The zero-order valence-corrected chi connectivity index (χ0v) is 9.51. The van der Waals surface area contributed by atoms with Crippen LogP contribution in [-0.4, -0.2) is 5.78 Å². The number of anilines is 1. The highest BCUT2D eigenvalue weighted by atomic mass is 16.5. The summed E-state index contributed by atoms with van der Waals surface area (Å²) < 4.78 is 5.66. The molecule has 17 heavy (non-hydrogen) atoms. The highest BCUT2D eigenvalue weighted by Crippen LogP contribution is 2.31. The van der Waals surface area contributed by atoms with Gasteiger partial charge in [-0.05, 0) is 31.2 Å². The first kappa shape index (κ1) is 11.2. The third-order valence-electron chi connectivity index (χ3n) is 2.39. The summed E-state index contributed by atoms with van der Waals surface area (Å²) in [5.74, 6) is 1.02. The van der Waals surface area contributed by atoms with Crippen LogP contribution in [0.4, 0.5) is 5.69 Å². The minimum absolute atomic E-state index is 0.0665. The number of ketones is 1. The molecule has 2 N–H and O–H groups in total. The van der Waals surface area contributed by atoms with Crippen LogP contribution in [0.1, 0.15) is 17.3 Å². The predicted octanol–water partition coefficient (Wildman–Crippen LogP) is 3.26. The fraction of sp³-hybridized carbons (Fsp3) is 0.0714. The lowest BCUT2D eigenvalue weighted by Crippen LogP contribution is -2.00. The Morgan fingerprint density at radius 2 is 1.76 bits per heavy atom. The van der Waals surface area contributed by atoms with E-state index < -0.39 is 0 Å². The van der Waals surface area contributed by atoms with Crippen molar-refractivity contribution in [2.24, 2.45) is 0 Å². The van der Waals surface area contributed by atoms with Gasteiger partial charge in [0.1, 0.15) is 5.75 Å². The Morgan fingerprint density at radius 3 is 2.41 bits per heavy atom. The van der Waals surface area contributed by atoms with Crippen molar-refractivity contribution in [1.29, 1.82) is 0 Å². The molecular formula is C14H13NO2. The molecule has 2 aromatic rings. The van der Waals surface area contributed by atoms with Crippen LogP contribution >= 0.6 is 0 Å². The highest BCUT2D eigenvalue weighted by Gasteiger charge is 2.12. The summed E-state index contributed by atoms with van der Waals surface area (Å²) >= 11 is 0. The molecule has 86 valence electrons. The number of nitrogen functional groups attached to an aromatic ring is 1. The van der Waals surface area contributed by atoms with E-state index in [4.69, 9.17) is 10.5 Å². The Hall–Kier alpha value is -2.29. The Kier molecular flexibility index (Phi) is 3.10. The average Bonchev–Trinajstić information content (AvgIpc) is 2.33.